The molecule has 3 nitrogen and oxygen atoms in total. The monoisotopic (exact) mass is 316 g/mol. The number of carbonyl (C=O) groups is 1. The van der Waals surface area contributed by atoms with Gasteiger partial charge in [-0.2, -0.15) is 5.10 Å². The fourth-order valence-electron chi connectivity index (χ4n) is 1.68. The van der Waals surface area contributed by atoms with Gasteiger partial charge in [-0.3, -0.25) is 4.79 Å². The van der Waals surface area contributed by atoms with Crippen molar-refractivity contribution in [3.8, 4) is 0 Å². The Morgan fingerprint density at radius 1 is 1.18 bits per heavy atom. The largest absolute Gasteiger partial charge is 0.272 e. The van der Waals surface area contributed by atoms with Crippen LogP contribution in [0.25, 0.3) is 0 Å². The molecule has 114 valence electrons. The Hall–Kier alpha value is -2.14. The van der Waals surface area contributed by atoms with Gasteiger partial charge in [0.15, 0.2) is 0 Å². The van der Waals surface area contributed by atoms with Crippen molar-refractivity contribution in [3.05, 3.63) is 65.5 Å². The number of amides is 1. The van der Waals surface area contributed by atoms with Crippen LogP contribution in [0, 0.1) is 12.7 Å². The van der Waals surface area contributed by atoms with Gasteiger partial charge in [0.25, 0.3) is 5.91 Å². The van der Waals surface area contributed by atoms with Crippen molar-refractivity contribution in [2.75, 3.05) is 0 Å². The molecule has 2 aromatic rings. The Morgan fingerprint density at radius 2 is 1.82 bits per heavy atom. The van der Waals surface area contributed by atoms with Crippen molar-refractivity contribution >= 4 is 23.9 Å². The van der Waals surface area contributed by atoms with Crippen molar-refractivity contribution in [2.45, 2.75) is 24.0 Å². The van der Waals surface area contributed by atoms with E-state index in [0.717, 1.165) is 10.5 Å². The zero-order valence-electron chi connectivity index (χ0n) is 12.4. The van der Waals surface area contributed by atoms with Crippen LogP contribution in [-0.4, -0.2) is 17.4 Å². The zero-order valence-corrected chi connectivity index (χ0v) is 13.2. The number of halogens is 1. The summed E-state index contributed by atoms with van der Waals surface area (Å²) in [6.45, 7) is 3.85. The second kappa shape index (κ2) is 7.75. The summed E-state index contributed by atoms with van der Waals surface area (Å²) in [5.41, 5.74) is 4.40. The molecular weight excluding hydrogens is 299 g/mol. The minimum absolute atomic E-state index is 0.177. The third kappa shape index (κ3) is 5.00. The van der Waals surface area contributed by atoms with E-state index in [9.17, 15) is 9.18 Å². The number of hydrazone groups is 1. The first-order valence-electron chi connectivity index (χ1n) is 6.86. The lowest BCUT2D eigenvalue weighted by molar-refractivity contribution is -0.120. The van der Waals surface area contributed by atoms with Crippen LogP contribution >= 0.6 is 11.8 Å². The molecule has 0 aromatic heterocycles. The van der Waals surface area contributed by atoms with Crippen molar-refractivity contribution in [1.82, 2.24) is 5.43 Å². The lowest BCUT2D eigenvalue weighted by Crippen LogP contribution is -2.26. The molecule has 1 atom stereocenters. The number of nitrogens with one attached hydrogen (secondary N) is 1. The highest BCUT2D eigenvalue weighted by Gasteiger charge is 2.13. The van der Waals surface area contributed by atoms with Crippen LogP contribution in [0.3, 0.4) is 0 Å². The van der Waals surface area contributed by atoms with E-state index in [0.29, 0.717) is 0 Å². The van der Waals surface area contributed by atoms with E-state index in [1.807, 2.05) is 38.1 Å². The first kappa shape index (κ1) is 16.2. The zero-order chi connectivity index (χ0) is 15.9. The van der Waals surface area contributed by atoms with Crippen LogP contribution in [0.15, 0.2) is 58.5 Å². The van der Waals surface area contributed by atoms with Gasteiger partial charge in [-0.1, -0.05) is 29.8 Å². The Balaban J connectivity index is 1.85. The van der Waals surface area contributed by atoms with Crippen LogP contribution in [0.4, 0.5) is 4.39 Å². The van der Waals surface area contributed by atoms with Gasteiger partial charge in [0.2, 0.25) is 0 Å². The van der Waals surface area contributed by atoms with E-state index in [4.69, 9.17) is 0 Å². The maximum Gasteiger partial charge on any atom is 0.253 e. The molecule has 2 rings (SSSR count). The second-order valence-corrected chi connectivity index (χ2v) is 6.27. The van der Waals surface area contributed by atoms with Crippen LogP contribution in [0.2, 0.25) is 0 Å². The van der Waals surface area contributed by atoms with E-state index in [-0.39, 0.29) is 17.0 Å². The number of hydrogen-bond acceptors (Lipinski definition) is 3. The van der Waals surface area contributed by atoms with Crippen molar-refractivity contribution in [3.63, 3.8) is 0 Å². The maximum absolute atomic E-state index is 12.8. The van der Waals surface area contributed by atoms with E-state index in [2.05, 4.69) is 10.5 Å². The number of aryl methyl sites for hydroxylation is 1. The highest BCUT2D eigenvalue weighted by Crippen LogP contribution is 2.23. The van der Waals surface area contributed by atoms with E-state index in [1.165, 1.54) is 35.7 Å². The SMILES string of the molecule is Cc1ccc(S[C@H](C)C(=O)N/N=C\c2ccc(F)cc2)cc1. The highest BCUT2D eigenvalue weighted by atomic mass is 32.2. The van der Waals surface area contributed by atoms with E-state index < -0.39 is 0 Å². The van der Waals surface area contributed by atoms with E-state index >= 15 is 0 Å². The van der Waals surface area contributed by atoms with E-state index in [1.54, 1.807) is 12.1 Å². The smallest absolute Gasteiger partial charge is 0.253 e. The lowest BCUT2D eigenvalue weighted by Gasteiger charge is -2.09. The van der Waals surface area contributed by atoms with Gasteiger partial charge >= 0.3 is 0 Å². The van der Waals surface area contributed by atoms with Gasteiger partial charge in [0.1, 0.15) is 5.82 Å². The minimum Gasteiger partial charge on any atom is -0.272 e. The molecule has 0 fully saturated rings. The molecular formula is C17H17FN2OS. The summed E-state index contributed by atoms with van der Waals surface area (Å²) in [6, 6.07) is 13.9. The second-order valence-electron chi connectivity index (χ2n) is 4.86. The molecule has 1 amide bonds. The van der Waals surface area contributed by atoms with Crippen LogP contribution in [0.5, 0.6) is 0 Å². The summed E-state index contributed by atoms with van der Waals surface area (Å²) >= 11 is 1.47. The normalized spacial score (nSPS) is 12.3. The summed E-state index contributed by atoms with van der Waals surface area (Å²) in [4.78, 5) is 13.0. The molecule has 0 radical (unpaired) electrons. The molecule has 0 heterocycles. The molecule has 0 spiro atoms. The molecule has 0 saturated heterocycles. The Bertz CT molecular complexity index is 653. The predicted molar refractivity (Wildman–Crippen MR) is 88.6 cm³/mol. The van der Waals surface area contributed by atoms with Gasteiger partial charge in [-0.05, 0) is 43.7 Å². The average Bonchev–Trinajstić information content (AvgIpc) is 2.51. The number of carbonyl (C=O) groups excluding carboxylic acids is 1. The molecule has 22 heavy (non-hydrogen) atoms. The molecule has 0 aliphatic carbocycles. The molecule has 0 saturated carbocycles. The third-order valence-corrected chi connectivity index (χ3v) is 4.07. The summed E-state index contributed by atoms with van der Waals surface area (Å²) in [5, 5.41) is 3.63. The third-order valence-electron chi connectivity index (χ3n) is 2.96. The lowest BCUT2D eigenvalue weighted by atomic mass is 10.2. The molecule has 0 aliphatic heterocycles. The molecule has 0 bridgehead atoms. The number of hydrogen-bond donors (Lipinski definition) is 1. The van der Waals surface area contributed by atoms with Gasteiger partial charge < -0.3 is 0 Å². The standard InChI is InChI=1S/C17H17FN2OS/c1-12-3-9-16(10-4-12)22-13(2)17(21)20-19-11-14-5-7-15(18)8-6-14/h3-11,13H,1-2H3,(H,20,21)/b19-11-/t13-/m1/s1. The Morgan fingerprint density at radius 3 is 2.45 bits per heavy atom. The number of rotatable bonds is 5. The molecule has 0 aliphatic rings. The van der Waals surface area contributed by atoms with Crippen LogP contribution in [-0.2, 0) is 4.79 Å². The Kier molecular flexibility index (Phi) is 5.72. The molecule has 1 N–H and O–H groups in total. The fraction of sp³-hybridized carbons (Fsp3) is 0.176. The van der Waals surface area contributed by atoms with Crippen molar-refractivity contribution in [2.24, 2.45) is 5.10 Å². The van der Waals surface area contributed by atoms with Gasteiger partial charge in [0.05, 0.1) is 11.5 Å². The quantitative estimate of drug-likeness (QED) is 0.518. The highest BCUT2D eigenvalue weighted by molar-refractivity contribution is 8.00. The summed E-state index contributed by atoms with van der Waals surface area (Å²) in [7, 11) is 0. The minimum atomic E-state index is -0.302. The summed E-state index contributed by atoms with van der Waals surface area (Å²) in [5.74, 6) is -0.478. The summed E-state index contributed by atoms with van der Waals surface area (Å²) < 4.78 is 12.8. The van der Waals surface area contributed by atoms with Gasteiger partial charge in [-0.25, -0.2) is 9.82 Å². The van der Waals surface area contributed by atoms with Gasteiger partial charge in [-0.15, -0.1) is 11.8 Å². The molecule has 0 unspecified atom stereocenters. The average molecular weight is 316 g/mol. The van der Waals surface area contributed by atoms with Gasteiger partial charge in [0, 0.05) is 4.90 Å². The van der Waals surface area contributed by atoms with Crippen LogP contribution in [0.1, 0.15) is 18.1 Å². The fourth-order valence-corrected chi connectivity index (χ4v) is 2.55. The number of thioether (sulfide) groups is 1. The number of nitrogens with zero attached hydrogens (tertiary/aromatic N) is 1. The summed E-state index contributed by atoms with van der Waals surface area (Å²) in [6.07, 6.45) is 1.49. The molecule has 5 heteroatoms. The topological polar surface area (TPSA) is 41.5 Å². The first-order chi connectivity index (χ1) is 10.5. The van der Waals surface area contributed by atoms with Crippen LogP contribution < -0.4 is 5.43 Å². The maximum atomic E-state index is 12.8. The Labute approximate surface area is 133 Å². The predicted octanol–water partition coefficient (Wildman–Crippen LogP) is 3.77. The first-order valence-corrected chi connectivity index (χ1v) is 7.74. The van der Waals surface area contributed by atoms with Crippen molar-refractivity contribution in [1.29, 1.82) is 0 Å². The molecule has 2 aromatic carbocycles. The number of benzene rings is 2. The van der Waals surface area contributed by atoms with Crippen molar-refractivity contribution < 1.29 is 9.18 Å².